The number of nitrogens with zero attached hydrogens (tertiary/aromatic N) is 2. The standard InChI is InChI=1S/C15H25N3O/c1-11-9-13(18(2)17-11)14(16)12-5-8-19-15(10-12)6-3-4-7-15/h9,12,14H,3-8,10,16H2,1-2H3. The average Bonchev–Trinajstić information content (AvgIpc) is 2.96. The first-order valence-corrected chi connectivity index (χ1v) is 7.50. The largest absolute Gasteiger partial charge is 0.375 e. The molecular formula is C15H25N3O. The Morgan fingerprint density at radius 2 is 2.21 bits per heavy atom. The van der Waals surface area contributed by atoms with E-state index in [1.165, 1.54) is 25.7 Å². The van der Waals surface area contributed by atoms with Crippen LogP contribution in [0.1, 0.15) is 56.0 Å². The van der Waals surface area contributed by atoms with Gasteiger partial charge in [-0.15, -0.1) is 0 Å². The van der Waals surface area contributed by atoms with E-state index in [1.807, 2.05) is 18.7 Å². The van der Waals surface area contributed by atoms with E-state index in [4.69, 9.17) is 10.5 Å². The molecule has 2 aliphatic rings. The van der Waals surface area contributed by atoms with Crippen LogP contribution in [0, 0.1) is 12.8 Å². The van der Waals surface area contributed by atoms with Crippen LogP contribution in [0.3, 0.4) is 0 Å². The van der Waals surface area contributed by atoms with E-state index in [0.717, 1.165) is 30.8 Å². The predicted molar refractivity (Wildman–Crippen MR) is 74.7 cm³/mol. The zero-order valence-corrected chi connectivity index (χ0v) is 12.1. The highest BCUT2D eigenvalue weighted by molar-refractivity contribution is 5.14. The summed E-state index contributed by atoms with van der Waals surface area (Å²) >= 11 is 0. The van der Waals surface area contributed by atoms with Crippen LogP contribution in [0.4, 0.5) is 0 Å². The molecule has 1 saturated heterocycles. The molecule has 4 nitrogen and oxygen atoms in total. The number of hydrogen-bond donors (Lipinski definition) is 1. The summed E-state index contributed by atoms with van der Waals surface area (Å²) in [6.07, 6.45) is 7.27. The van der Waals surface area contributed by atoms with Gasteiger partial charge in [0.15, 0.2) is 0 Å². The summed E-state index contributed by atoms with van der Waals surface area (Å²) < 4.78 is 8.04. The number of nitrogens with two attached hydrogens (primary N) is 1. The lowest BCUT2D eigenvalue weighted by atomic mass is 9.80. The van der Waals surface area contributed by atoms with Gasteiger partial charge in [0.05, 0.1) is 17.0 Å². The van der Waals surface area contributed by atoms with Gasteiger partial charge in [0.1, 0.15) is 0 Å². The van der Waals surface area contributed by atoms with Crippen LogP contribution in [-0.2, 0) is 11.8 Å². The van der Waals surface area contributed by atoms with Crippen molar-refractivity contribution in [2.24, 2.45) is 18.7 Å². The van der Waals surface area contributed by atoms with Crippen molar-refractivity contribution < 1.29 is 4.74 Å². The van der Waals surface area contributed by atoms with Crippen LogP contribution >= 0.6 is 0 Å². The minimum atomic E-state index is 0.0903. The summed E-state index contributed by atoms with van der Waals surface area (Å²) in [5.74, 6) is 0.529. The summed E-state index contributed by atoms with van der Waals surface area (Å²) in [5, 5.41) is 4.42. The molecule has 1 aromatic rings. The molecule has 0 amide bonds. The van der Waals surface area contributed by atoms with Crippen molar-refractivity contribution in [2.75, 3.05) is 6.61 Å². The maximum atomic E-state index is 6.52. The first kappa shape index (κ1) is 13.1. The molecule has 1 spiro atoms. The van der Waals surface area contributed by atoms with Gasteiger partial charge in [0.2, 0.25) is 0 Å². The van der Waals surface area contributed by atoms with E-state index >= 15 is 0 Å². The van der Waals surface area contributed by atoms with E-state index in [0.29, 0.717) is 5.92 Å². The Kier molecular flexibility index (Phi) is 3.39. The van der Waals surface area contributed by atoms with Gasteiger partial charge in [0.25, 0.3) is 0 Å². The quantitative estimate of drug-likeness (QED) is 0.891. The number of rotatable bonds is 2. The minimum Gasteiger partial charge on any atom is -0.375 e. The highest BCUT2D eigenvalue weighted by atomic mass is 16.5. The van der Waals surface area contributed by atoms with E-state index in [1.54, 1.807) is 0 Å². The molecule has 2 heterocycles. The van der Waals surface area contributed by atoms with Crippen LogP contribution in [-0.4, -0.2) is 22.0 Å². The fourth-order valence-corrected chi connectivity index (χ4v) is 3.92. The molecule has 2 N–H and O–H groups in total. The van der Waals surface area contributed by atoms with Crippen LogP contribution in [0.2, 0.25) is 0 Å². The molecule has 1 aliphatic heterocycles. The molecule has 19 heavy (non-hydrogen) atoms. The summed E-state index contributed by atoms with van der Waals surface area (Å²) in [6, 6.07) is 2.22. The topological polar surface area (TPSA) is 53.1 Å². The number of hydrogen-bond acceptors (Lipinski definition) is 3. The van der Waals surface area contributed by atoms with E-state index in [-0.39, 0.29) is 11.6 Å². The van der Waals surface area contributed by atoms with Crippen LogP contribution in [0.25, 0.3) is 0 Å². The van der Waals surface area contributed by atoms with Crippen molar-refractivity contribution in [3.05, 3.63) is 17.5 Å². The number of aromatic nitrogens is 2. The SMILES string of the molecule is Cc1cc(C(N)C2CCOC3(CCCC3)C2)n(C)n1. The van der Waals surface area contributed by atoms with Crippen molar-refractivity contribution in [1.82, 2.24) is 9.78 Å². The van der Waals surface area contributed by atoms with Crippen LogP contribution < -0.4 is 5.73 Å². The molecule has 1 aromatic heterocycles. The lowest BCUT2D eigenvalue weighted by Gasteiger charge is -2.40. The molecule has 3 rings (SSSR count). The number of ether oxygens (including phenoxy) is 1. The molecule has 0 radical (unpaired) electrons. The third kappa shape index (κ3) is 2.43. The van der Waals surface area contributed by atoms with E-state index in [9.17, 15) is 0 Å². The molecule has 2 unspecified atom stereocenters. The van der Waals surface area contributed by atoms with Crippen molar-refractivity contribution in [1.29, 1.82) is 0 Å². The Bertz CT molecular complexity index is 448. The second-order valence-electron chi connectivity index (χ2n) is 6.35. The second-order valence-corrected chi connectivity index (χ2v) is 6.35. The molecular weight excluding hydrogens is 238 g/mol. The Morgan fingerprint density at radius 3 is 2.84 bits per heavy atom. The van der Waals surface area contributed by atoms with Crippen molar-refractivity contribution in [2.45, 2.75) is 57.1 Å². The fourth-order valence-electron chi connectivity index (χ4n) is 3.92. The molecule has 0 bridgehead atoms. The van der Waals surface area contributed by atoms with Crippen LogP contribution in [0.5, 0.6) is 0 Å². The summed E-state index contributed by atoms with van der Waals surface area (Å²) in [5.41, 5.74) is 8.88. The number of aryl methyl sites for hydroxylation is 2. The Balaban J connectivity index is 1.76. The summed E-state index contributed by atoms with van der Waals surface area (Å²) in [7, 11) is 1.99. The molecule has 2 atom stereocenters. The monoisotopic (exact) mass is 263 g/mol. The van der Waals surface area contributed by atoms with Gasteiger partial charge in [-0.1, -0.05) is 12.8 Å². The van der Waals surface area contributed by atoms with Crippen molar-refractivity contribution >= 4 is 0 Å². The van der Waals surface area contributed by atoms with Gasteiger partial charge in [-0.3, -0.25) is 4.68 Å². The van der Waals surface area contributed by atoms with Crippen LogP contribution in [0.15, 0.2) is 6.07 Å². The smallest absolute Gasteiger partial charge is 0.0686 e. The maximum absolute atomic E-state index is 6.52. The maximum Gasteiger partial charge on any atom is 0.0686 e. The zero-order chi connectivity index (χ0) is 13.5. The third-order valence-corrected chi connectivity index (χ3v) is 4.93. The zero-order valence-electron chi connectivity index (χ0n) is 12.1. The average molecular weight is 263 g/mol. The van der Waals surface area contributed by atoms with Gasteiger partial charge < -0.3 is 10.5 Å². The highest BCUT2D eigenvalue weighted by Crippen LogP contribution is 2.44. The molecule has 2 fully saturated rings. The third-order valence-electron chi connectivity index (χ3n) is 4.93. The normalized spacial score (nSPS) is 27.8. The fraction of sp³-hybridized carbons (Fsp3) is 0.800. The summed E-state index contributed by atoms with van der Waals surface area (Å²) in [6.45, 7) is 2.90. The van der Waals surface area contributed by atoms with Crippen molar-refractivity contribution in [3.63, 3.8) is 0 Å². The Labute approximate surface area is 115 Å². The Morgan fingerprint density at radius 1 is 1.47 bits per heavy atom. The van der Waals surface area contributed by atoms with Crippen molar-refractivity contribution in [3.8, 4) is 0 Å². The molecule has 4 heteroatoms. The minimum absolute atomic E-state index is 0.0903. The predicted octanol–water partition coefficient (Wildman–Crippen LogP) is 2.47. The highest BCUT2D eigenvalue weighted by Gasteiger charge is 2.41. The first-order valence-electron chi connectivity index (χ1n) is 7.50. The lowest BCUT2D eigenvalue weighted by Crippen LogP contribution is -2.41. The van der Waals surface area contributed by atoms with Gasteiger partial charge in [-0.25, -0.2) is 0 Å². The molecule has 0 aromatic carbocycles. The van der Waals surface area contributed by atoms with Gasteiger partial charge in [-0.2, -0.15) is 5.10 Å². The Hall–Kier alpha value is -0.870. The molecule has 1 aliphatic carbocycles. The van der Waals surface area contributed by atoms with Gasteiger partial charge >= 0.3 is 0 Å². The van der Waals surface area contributed by atoms with E-state index in [2.05, 4.69) is 11.2 Å². The first-order chi connectivity index (χ1) is 9.10. The summed E-state index contributed by atoms with van der Waals surface area (Å²) in [4.78, 5) is 0. The molecule has 106 valence electrons. The second kappa shape index (κ2) is 4.91. The van der Waals surface area contributed by atoms with Gasteiger partial charge in [-0.05, 0) is 44.6 Å². The lowest BCUT2D eigenvalue weighted by molar-refractivity contribution is -0.0966. The van der Waals surface area contributed by atoms with Gasteiger partial charge in [0, 0.05) is 19.7 Å². The van der Waals surface area contributed by atoms with E-state index < -0.39 is 0 Å². The molecule has 1 saturated carbocycles.